The standard InChI is InChI=1S/C24H27NO4.C4H6O4/c1-27-22-14-8-6-12-20(22)24(29-17-19(25)16-26,18-10-4-3-5-11-18)21-13-7-9-15-23(21)28-2;5-3(6)1-2-4(7)8/h3-15,19,26H,16-17,25H2,1-2H3;1-2H2,(H,5,6)(H,7,8). The number of aliphatic carboxylic acids is 2. The molecule has 3 rings (SSSR count). The highest BCUT2D eigenvalue weighted by molar-refractivity contribution is 5.75. The van der Waals surface area contributed by atoms with Gasteiger partial charge in [0.1, 0.15) is 11.5 Å². The van der Waals surface area contributed by atoms with Crippen molar-refractivity contribution >= 4 is 11.9 Å². The van der Waals surface area contributed by atoms with Crippen LogP contribution in [-0.4, -0.2) is 60.7 Å². The largest absolute Gasteiger partial charge is 0.496 e. The van der Waals surface area contributed by atoms with Crippen molar-refractivity contribution < 1.29 is 39.1 Å². The number of carboxylic acid groups (broad SMARTS) is 2. The topological polar surface area (TPSA) is 149 Å². The first-order valence-electron chi connectivity index (χ1n) is 11.6. The van der Waals surface area contributed by atoms with Crippen molar-refractivity contribution in [2.75, 3.05) is 27.4 Å². The monoisotopic (exact) mass is 511 g/mol. The molecular formula is C28H33NO8. The fraction of sp³-hybridized carbons (Fsp3) is 0.286. The predicted octanol–water partition coefficient (Wildman–Crippen LogP) is 3.27. The van der Waals surface area contributed by atoms with Crippen LogP contribution in [0.15, 0.2) is 78.9 Å². The number of carboxylic acids is 2. The highest BCUT2D eigenvalue weighted by Gasteiger charge is 2.42. The van der Waals surface area contributed by atoms with Crippen molar-refractivity contribution in [1.29, 1.82) is 0 Å². The van der Waals surface area contributed by atoms with Gasteiger partial charge in [0, 0.05) is 11.1 Å². The van der Waals surface area contributed by atoms with Gasteiger partial charge in [-0.05, 0) is 17.7 Å². The molecule has 9 heteroatoms. The number of hydrogen-bond donors (Lipinski definition) is 4. The van der Waals surface area contributed by atoms with Gasteiger partial charge in [-0.3, -0.25) is 9.59 Å². The molecule has 3 aromatic carbocycles. The lowest BCUT2D eigenvalue weighted by Gasteiger charge is -2.38. The second-order valence-electron chi connectivity index (χ2n) is 7.99. The molecule has 0 bridgehead atoms. The van der Waals surface area contributed by atoms with Crippen LogP contribution in [0.4, 0.5) is 0 Å². The zero-order valence-corrected chi connectivity index (χ0v) is 20.9. The molecule has 9 nitrogen and oxygen atoms in total. The molecule has 0 spiro atoms. The Morgan fingerprint density at radius 2 is 1.22 bits per heavy atom. The van der Waals surface area contributed by atoms with Crippen LogP contribution in [0.1, 0.15) is 29.5 Å². The van der Waals surface area contributed by atoms with E-state index in [9.17, 15) is 14.7 Å². The smallest absolute Gasteiger partial charge is 0.303 e. The van der Waals surface area contributed by atoms with E-state index < -0.39 is 23.6 Å². The number of carbonyl (C=O) groups is 2. The van der Waals surface area contributed by atoms with Crippen LogP contribution in [-0.2, 0) is 19.9 Å². The number of nitrogens with two attached hydrogens (primary N) is 1. The number of benzene rings is 3. The Hall–Kier alpha value is -3.92. The number of aliphatic hydroxyl groups is 1. The highest BCUT2D eigenvalue weighted by Crippen LogP contribution is 2.47. The zero-order valence-electron chi connectivity index (χ0n) is 20.9. The van der Waals surface area contributed by atoms with Gasteiger partial charge in [-0.1, -0.05) is 66.7 Å². The summed E-state index contributed by atoms with van der Waals surface area (Å²) in [5.41, 5.74) is 7.52. The summed E-state index contributed by atoms with van der Waals surface area (Å²) in [4.78, 5) is 19.3. The van der Waals surface area contributed by atoms with Gasteiger partial charge in [-0.2, -0.15) is 0 Å². The SMILES string of the molecule is COc1ccccc1C(OCC(N)CO)(c1ccccc1)c1ccccc1OC.O=C(O)CCC(=O)O. The van der Waals surface area contributed by atoms with Gasteiger partial charge in [0.05, 0.1) is 46.3 Å². The predicted molar refractivity (Wildman–Crippen MR) is 138 cm³/mol. The molecular weight excluding hydrogens is 478 g/mol. The number of ether oxygens (including phenoxy) is 3. The van der Waals surface area contributed by atoms with Crippen LogP contribution >= 0.6 is 0 Å². The Labute approximate surface area is 216 Å². The first kappa shape index (κ1) is 29.3. The molecule has 0 saturated carbocycles. The Kier molecular flexibility index (Phi) is 11.6. The second kappa shape index (κ2) is 14.6. The Bertz CT molecular complexity index is 1070. The van der Waals surface area contributed by atoms with E-state index in [4.69, 9.17) is 30.2 Å². The molecule has 1 unspecified atom stereocenters. The number of para-hydroxylation sites is 2. The third-order valence-corrected chi connectivity index (χ3v) is 5.45. The van der Waals surface area contributed by atoms with Crippen LogP contribution in [0.2, 0.25) is 0 Å². The minimum absolute atomic E-state index is 0.140. The summed E-state index contributed by atoms with van der Waals surface area (Å²) in [6.45, 7) is -0.0375. The third-order valence-electron chi connectivity index (χ3n) is 5.45. The van der Waals surface area contributed by atoms with E-state index in [1.165, 1.54) is 0 Å². The molecule has 0 fully saturated rings. The lowest BCUT2D eigenvalue weighted by molar-refractivity contribution is -0.143. The van der Waals surface area contributed by atoms with Crippen LogP contribution in [0.3, 0.4) is 0 Å². The van der Waals surface area contributed by atoms with Crippen molar-refractivity contribution in [1.82, 2.24) is 0 Å². The average Bonchev–Trinajstić information content (AvgIpc) is 2.93. The van der Waals surface area contributed by atoms with Gasteiger partial charge in [-0.15, -0.1) is 0 Å². The summed E-state index contributed by atoms with van der Waals surface area (Å²) in [6.07, 6.45) is -0.593. The van der Waals surface area contributed by atoms with E-state index in [1.807, 2.05) is 78.9 Å². The molecule has 3 aromatic rings. The Morgan fingerprint density at radius 3 is 1.62 bits per heavy atom. The molecule has 0 radical (unpaired) electrons. The molecule has 0 aliphatic heterocycles. The van der Waals surface area contributed by atoms with E-state index in [0.717, 1.165) is 16.7 Å². The highest BCUT2D eigenvalue weighted by atomic mass is 16.5. The average molecular weight is 512 g/mol. The van der Waals surface area contributed by atoms with E-state index in [-0.39, 0.29) is 26.1 Å². The maximum absolute atomic E-state index is 9.64. The van der Waals surface area contributed by atoms with Gasteiger partial charge in [0.2, 0.25) is 0 Å². The first-order valence-corrected chi connectivity index (χ1v) is 11.6. The van der Waals surface area contributed by atoms with E-state index >= 15 is 0 Å². The maximum atomic E-state index is 9.64. The fourth-order valence-electron chi connectivity index (χ4n) is 3.74. The molecule has 37 heavy (non-hydrogen) atoms. The summed E-state index contributed by atoms with van der Waals surface area (Å²) in [5.74, 6) is -0.792. The molecule has 0 heterocycles. The van der Waals surface area contributed by atoms with Gasteiger partial charge in [-0.25, -0.2) is 0 Å². The number of rotatable bonds is 12. The van der Waals surface area contributed by atoms with Gasteiger partial charge in [0.25, 0.3) is 0 Å². The van der Waals surface area contributed by atoms with Crippen molar-refractivity contribution in [3.63, 3.8) is 0 Å². The van der Waals surface area contributed by atoms with E-state index in [0.29, 0.717) is 11.5 Å². The van der Waals surface area contributed by atoms with Crippen molar-refractivity contribution in [2.24, 2.45) is 5.73 Å². The molecule has 0 amide bonds. The van der Waals surface area contributed by atoms with Crippen molar-refractivity contribution in [3.05, 3.63) is 95.6 Å². The number of aliphatic hydroxyl groups excluding tert-OH is 1. The number of hydrogen-bond acceptors (Lipinski definition) is 7. The first-order chi connectivity index (χ1) is 17.8. The fourth-order valence-corrected chi connectivity index (χ4v) is 3.74. The van der Waals surface area contributed by atoms with E-state index in [1.54, 1.807) is 14.2 Å². The lowest BCUT2D eigenvalue weighted by Crippen LogP contribution is -2.39. The lowest BCUT2D eigenvalue weighted by atomic mass is 9.79. The maximum Gasteiger partial charge on any atom is 0.303 e. The molecule has 5 N–H and O–H groups in total. The van der Waals surface area contributed by atoms with Gasteiger partial charge < -0.3 is 35.3 Å². The third kappa shape index (κ3) is 7.78. The minimum Gasteiger partial charge on any atom is -0.496 e. The summed E-state index contributed by atoms with van der Waals surface area (Å²) >= 11 is 0. The van der Waals surface area contributed by atoms with Crippen LogP contribution < -0.4 is 15.2 Å². The molecule has 0 aromatic heterocycles. The molecule has 0 saturated heterocycles. The van der Waals surface area contributed by atoms with Gasteiger partial charge in [0.15, 0.2) is 5.60 Å². The summed E-state index contributed by atoms with van der Waals surface area (Å²) in [6, 6.07) is 24.8. The normalized spacial score (nSPS) is 11.6. The zero-order chi connectivity index (χ0) is 27.3. The quantitative estimate of drug-likeness (QED) is 0.269. The summed E-state index contributed by atoms with van der Waals surface area (Å²) < 4.78 is 18.0. The van der Waals surface area contributed by atoms with Crippen molar-refractivity contribution in [3.8, 4) is 11.5 Å². The summed E-state index contributed by atoms with van der Waals surface area (Å²) in [7, 11) is 3.27. The Balaban J connectivity index is 0.000000521. The van der Waals surface area contributed by atoms with Crippen LogP contribution in [0.25, 0.3) is 0 Å². The van der Waals surface area contributed by atoms with Crippen molar-refractivity contribution in [2.45, 2.75) is 24.5 Å². The number of methoxy groups -OCH3 is 2. The second-order valence-corrected chi connectivity index (χ2v) is 7.99. The molecule has 1 atom stereocenters. The molecule has 0 aliphatic rings. The molecule has 0 aliphatic carbocycles. The minimum atomic E-state index is -1.08. The summed E-state index contributed by atoms with van der Waals surface area (Å²) in [5, 5.41) is 25.3. The molecule has 198 valence electrons. The van der Waals surface area contributed by atoms with Crippen LogP contribution in [0.5, 0.6) is 11.5 Å². The van der Waals surface area contributed by atoms with E-state index in [2.05, 4.69) is 0 Å². The van der Waals surface area contributed by atoms with Crippen LogP contribution in [0, 0.1) is 0 Å². The van der Waals surface area contributed by atoms with Gasteiger partial charge >= 0.3 is 11.9 Å². The Morgan fingerprint density at radius 1 is 0.784 bits per heavy atom.